The van der Waals surface area contributed by atoms with Crippen LogP contribution in [0.15, 0.2) is 24.3 Å². The lowest BCUT2D eigenvalue weighted by molar-refractivity contribution is 0.0696. The largest absolute Gasteiger partial charge is 0.492 e. The van der Waals surface area contributed by atoms with Crippen LogP contribution in [-0.4, -0.2) is 54.8 Å². The Morgan fingerprint density at radius 3 is 2.90 bits per heavy atom. The van der Waals surface area contributed by atoms with E-state index in [0.29, 0.717) is 18.4 Å². The van der Waals surface area contributed by atoms with E-state index in [2.05, 4.69) is 17.1 Å². The summed E-state index contributed by atoms with van der Waals surface area (Å²) in [4.78, 5) is 13.4. The molecule has 1 saturated heterocycles. The van der Waals surface area contributed by atoms with Crippen molar-refractivity contribution in [2.24, 2.45) is 0 Å². The van der Waals surface area contributed by atoms with Crippen molar-refractivity contribution >= 4 is 5.97 Å². The molecule has 0 aliphatic carbocycles. The Bertz CT molecular complexity index is 459. The van der Waals surface area contributed by atoms with Gasteiger partial charge >= 0.3 is 5.97 Å². The maximum atomic E-state index is 10.9. The van der Waals surface area contributed by atoms with E-state index in [9.17, 15) is 4.79 Å². The zero-order chi connectivity index (χ0) is 15.1. The second kappa shape index (κ2) is 8.00. The van der Waals surface area contributed by atoms with Gasteiger partial charge in [-0.15, -0.1) is 0 Å². The van der Waals surface area contributed by atoms with Crippen molar-refractivity contribution in [3.05, 3.63) is 29.8 Å². The Kier molecular flexibility index (Phi) is 6.02. The van der Waals surface area contributed by atoms with E-state index in [0.717, 1.165) is 13.1 Å². The van der Waals surface area contributed by atoms with E-state index in [1.807, 2.05) is 0 Å². The van der Waals surface area contributed by atoms with Crippen molar-refractivity contribution in [2.45, 2.75) is 25.8 Å². The van der Waals surface area contributed by atoms with Gasteiger partial charge in [-0.25, -0.2) is 4.79 Å². The first-order valence-corrected chi connectivity index (χ1v) is 7.58. The molecule has 2 N–H and O–H groups in total. The van der Waals surface area contributed by atoms with Crippen LogP contribution in [0.1, 0.15) is 30.1 Å². The van der Waals surface area contributed by atoms with Gasteiger partial charge in [0.15, 0.2) is 0 Å². The van der Waals surface area contributed by atoms with Gasteiger partial charge in [-0.1, -0.05) is 6.07 Å². The van der Waals surface area contributed by atoms with Crippen molar-refractivity contribution in [2.75, 3.05) is 32.8 Å². The number of ether oxygens (including phenoxy) is 1. The van der Waals surface area contributed by atoms with Crippen LogP contribution < -0.4 is 10.1 Å². The molecule has 1 unspecified atom stereocenters. The third-order valence-corrected chi connectivity index (χ3v) is 3.83. The summed E-state index contributed by atoms with van der Waals surface area (Å²) >= 11 is 0. The first-order valence-electron chi connectivity index (χ1n) is 7.58. The average Bonchev–Trinajstić information content (AvgIpc) is 3.01. The summed E-state index contributed by atoms with van der Waals surface area (Å²) in [5.41, 5.74) is 0.253. The Morgan fingerprint density at radius 1 is 1.43 bits per heavy atom. The summed E-state index contributed by atoms with van der Waals surface area (Å²) in [7, 11) is 0. The minimum Gasteiger partial charge on any atom is -0.492 e. The van der Waals surface area contributed by atoms with Crippen LogP contribution >= 0.6 is 0 Å². The monoisotopic (exact) mass is 292 g/mol. The van der Waals surface area contributed by atoms with E-state index in [4.69, 9.17) is 9.84 Å². The van der Waals surface area contributed by atoms with Crippen LogP contribution in [0.3, 0.4) is 0 Å². The zero-order valence-electron chi connectivity index (χ0n) is 12.5. The van der Waals surface area contributed by atoms with Crippen molar-refractivity contribution in [1.29, 1.82) is 0 Å². The Labute approximate surface area is 125 Å². The number of carboxylic acid groups (broad SMARTS) is 1. The summed E-state index contributed by atoms with van der Waals surface area (Å²) in [6.07, 6.45) is 2.63. The highest BCUT2D eigenvalue weighted by atomic mass is 16.5. The maximum Gasteiger partial charge on any atom is 0.335 e. The van der Waals surface area contributed by atoms with Gasteiger partial charge in [-0.05, 0) is 51.1 Å². The number of rotatable bonds is 8. The third-order valence-electron chi connectivity index (χ3n) is 3.83. The van der Waals surface area contributed by atoms with Crippen LogP contribution in [0.25, 0.3) is 0 Å². The highest BCUT2D eigenvalue weighted by Crippen LogP contribution is 2.13. The van der Waals surface area contributed by atoms with Gasteiger partial charge in [0.1, 0.15) is 12.4 Å². The van der Waals surface area contributed by atoms with E-state index in [1.54, 1.807) is 24.3 Å². The topological polar surface area (TPSA) is 61.8 Å². The molecule has 1 heterocycles. The van der Waals surface area contributed by atoms with E-state index >= 15 is 0 Å². The maximum absolute atomic E-state index is 10.9. The summed E-state index contributed by atoms with van der Waals surface area (Å²) in [6, 6.07) is 7.14. The quantitative estimate of drug-likeness (QED) is 0.716. The SMILES string of the molecule is CC(CNCCOc1cccc(C(=O)O)c1)N1CCCC1. The number of carboxylic acids is 1. The number of likely N-dealkylation sites (tertiary alicyclic amines) is 1. The second-order valence-electron chi connectivity index (χ2n) is 5.48. The average molecular weight is 292 g/mol. The molecule has 1 aromatic rings. The second-order valence-corrected chi connectivity index (χ2v) is 5.48. The number of nitrogens with one attached hydrogen (secondary N) is 1. The van der Waals surface area contributed by atoms with Crippen LogP contribution in [0.2, 0.25) is 0 Å². The number of nitrogens with zero attached hydrogens (tertiary/aromatic N) is 1. The number of carbonyl (C=O) groups is 1. The number of aromatic carboxylic acids is 1. The first kappa shape index (κ1) is 15.8. The fourth-order valence-electron chi connectivity index (χ4n) is 2.58. The molecule has 5 heteroatoms. The van der Waals surface area contributed by atoms with Gasteiger partial charge in [-0.2, -0.15) is 0 Å². The van der Waals surface area contributed by atoms with Gasteiger partial charge < -0.3 is 15.2 Å². The molecule has 0 bridgehead atoms. The molecule has 0 amide bonds. The predicted molar refractivity (Wildman–Crippen MR) is 82.0 cm³/mol. The van der Waals surface area contributed by atoms with Crippen LogP contribution in [0.4, 0.5) is 0 Å². The lowest BCUT2D eigenvalue weighted by Gasteiger charge is -2.23. The number of hydrogen-bond acceptors (Lipinski definition) is 4. The van der Waals surface area contributed by atoms with Crippen molar-refractivity contribution in [3.63, 3.8) is 0 Å². The van der Waals surface area contributed by atoms with E-state index in [1.165, 1.54) is 25.9 Å². The molecule has 1 aliphatic heterocycles. The summed E-state index contributed by atoms with van der Waals surface area (Å²) in [5.74, 6) is -0.331. The molecule has 1 fully saturated rings. The summed E-state index contributed by atoms with van der Waals surface area (Å²) in [5, 5.41) is 12.3. The number of hydrogen-bond donors (Lipinski definition) is 2. The van der Waals surface area contributed by atoms with Gasteiger partial charge in [0, 0.05) is 19.1 Å². The van der Waals surface area contributed by atoms with Crippen LogP contribution in [0.5, 0.6) is 5.75 Å². The normalized spacial score (nSPS) is 16.8. The Morgan fingerprint density at radius 2 is 2.19 bits per heavy atom. The molecule has 0 saturated carbocycles. The highest BCUT2D eigenvalue weighted by Gasteiger charge is 2.17. The molecule has 21 heavy (non-hydrogen) atoms. The molecule has 1 aromatic carbocycles. The Balaban J connectivity index is 1.63. The van der Waals surface area contributed by atoms with Crippen LogP contribution in [0, 0.1) is 0 Å². The van der Waals surface area contributed by atoms with E-state index in [-0.39, 0.29) is 5.56 Å². The molecule has 2 rings (SSSR count). The fraction of sp³-hybridized carbons (Fsp3) is 0.562. The minimum absolute atomic E-state index is 0.253. The highest BCUT2D eigenvalue weighted by molar-refractivity contribution is 5.87. The van der Waals surface area contributed by atoms with Gasteiger partial charge in [0.2, 0.25) is 0 Å². The van der Waals surface area contributed by atoms with Crippen molar-refractivity contribution < 1.29 is 14.6 Å². The number of benzene rings is 1. The smallest absolute Gasteiger partial charge is 0.335 e. The van der Waals surface area contributed by atoms with Gasteiger partial charge in [0.25, 0.3) is 0 Å². The van der Waals surface area contributed by atoms with Gasteiger partial charge in [0.05, 0.1) is 5.56 Å². The standard InChI is InChI=1S/C16H24N2O3/c1-13(18-8-2-3-9-18)12-17-7-10-21-15-6-4-5-14(11-15)16(19)20/h4-6,11,13,17H,2-3,7-10,12H2,1H3,(H,19,20). The molecule has 5 nitrogen and oxygen atoms in total. The summed E-state index contributed by atoms with van der Waals surface area (Å²) < 4.78 is 5.56. The Hall–Kier alpha value is -1.59. The minimum atomic E-state index is -0.932. The molecule has 0 radical (unpaired) electrons. The molecule has 1 aliphatic rings. The molecule has 0 spiro atoms. The van der Waals surface area contributed by atoms with Crippen LogP contribution in [-0.2, 0) is 0 Å². The lowest BCUT2D eigenvalue weighted by Crippen LogP contribution is -2.39. The predicted octanol–water partition coefficient (Wildman–Crippen LogP) is 1.84. The van der Waals surface area contributed by atoms with Crippen molar-refractivity contribution in [3.8, 4) is 5.75 Å². The van der Waals surface area contributed by atoms with E-state index < -0.39 is 5.97 Å². The third kappa shape index (κ3) is 5.02. The fourth-order valence-corrected chi connectivity index (χ4v) is 2.58. The molecule has 1 atom stereocenters. The molecule has 0 aromatic heterocycles. The zero-order valence-corrected chi connectivity index (χ0v) is 12.5. The first-order chi connectivity index (χ1) is 10.2. The molecular weight excluding hydrogens is 268 g/mol. The van der Waals surface area contributed by atoms with Crippen molar-refractivity contribution in [1.82, 2.24) is 10.2 Å². The molecular formula is C16H24N2O3. The summed E-state index contributed by atoms with van der Waals surface area (Å²) in [6.45, 7) is 6.92. The molecule has 116 valence electrons. The lowest BCUT2D eigenvalue weighted by atomic mass is 10.2. The van der Waals surface area contributed by atoms with Gasteiger partial charge in [-0.3, -0.25) is 4.90 Å².